The molecule has 0 N–H and O–H groups in total. The van der Waals surface area contributed by atoms with Crippen molar-refractivity contribution in [2.24, 2.45) is 0 Å². The van der Waals surface area contributed by atoms with Gasteiger partial charge in [0, 0.05) is 0 Å². The fraction of sp³-hybridized carbons (Fsp3) is 0.500. The number of benzene rings is 1. The number of ether oxygens (including phenoxy) is 1. The van der Waals surface area contributed by atoms with E-state index in [4.69, 9.17) is 4.74 Å². The molecule has 0 unspecified atom stereocenters. The van der Waals surface area contributed by atoms with Crippen LogP contribution in [0.3, 0.4) is 0 Å². The summed E-state index contributed by atoms with van der Waals surface area (Å²) in [4.78, 5) is 0. The summed E-state index contributed by atoms with van der Waals surface area (Å²) in [5, 5.41) is 0. The molecule has 0 aliphatic heterocycles. The fourth-order valence-electron chi connectivity index (χ4n) is 0.970. The smallest absolute Gasteiger partial charge is 0.119 e. The minimum absolute atomic E-state index is 0.739. The molecule has 0 atom stereocenters. The molecule has 0 saturated carbocycles. The lowest BCUT2D eigenvalue weighted by Gasteiger charge is -2.04. The predicted octanol–water partition coefficient (Wildman–Crippen LogP) is 3.73. The lowest BCUT2D eigenvalue weighted by molar-refractivity contribution is 0.340. The van der Waals surface area contributed by atoms with Gasteiger partial charge in [-0.25, -0.2) is 0 Å². The molecule has 0 aliphatic carbocycles. The van der Waals surface area contributed by atoms with Gasteiger partial charge in [-0.3, -0.25) is 0 Å². The zero-order chi connectivity index (χ0) is 10.3. The Hall–Kier alpha value is -0.980. The maximum atomic E-state index is 5.34. The van der Waals surface area contributed by atoms with Crippen molar-refractivity contribution in [1.29, 1.82) is 0 Å². The van der Waals surface area contributed by atoms with Crippen LogP contribution in [-0.2, 0) is 0 Å². The zero-order valence-corrected chi connectivity index (χ0v) is 9.35. The van der Waals surface area contributed by atoms with E-state index in [1.54, 1.807) is 0 Å². The third kappa shape index (κ3) is 3.97. The van der Waals surface area contributed by atoms with Gasteiger partial charge in [0.05, 0.1) is 6.61 Å². The van der Waals surface area contributed by atoms with E-state index in [0.717, 1.165) is 12.4 Å². The van der Waals surface area contributed by atoms with Crippen molar-refractivity contribution in [2.45, 2.75) is 34.6 Å². The van der Waals surface area contributed by atoms with Gasteiger partial charge in [-0.1, -0.05) is 19.9 Å². The van der Waals surface area contributed by atoms with Crippen molar-refractivity contribution in [3.05, 3.63) is 29.3 Å². The quantitative estimate of drug-likeness (QED) is 0.674. The van der Waals surface area contributed by atoms with Gasteiger partial charge in [-0.15, -0.1) is 0 Å². The van der Waals surface area contributed by atoms with Gasteiger partial charge >= 0.3 is 0 Å². The third-order valence-corrected chi connectivity index (χ3v) is 1.79. The summed E-state index contributed by atoms with van der Waals surface area (Å²) in [5.74, 6) is 0.968. The second-order valence-corrected chi connectivity index (χ2v) is 2.68. The van der Waals surface area contributed by atoms with E-state index in [1.165, 1.54) is 11.1 Å². The van der Waals surface area contributed by atoms with Crippen LogP contribution in [0.5, 0.6) is 5.75 Å². The van der Waals surface area contributed by atoms with Crippen LogP contribution in [0.4, 0.5) is 0 Å². The van der Waals surface area contributed by atoms with E-state index in [1.807, 2.05) is 26.8 Å². The minimum atomic E-state index is 0.739. The van der Waals surface area contributed by atoms with Gasteiger partial charge in [-0.2, -0.15) is 0 Å². The second-order valence-electron chi connectivity index (χ2n) is 2.68. The summed E-state index contributed by atoms with van der Waals surface area (Å²) in [6.45, 7) is 10.9. The predicted molar refractivity (Wildman–Crippen MR) is 58.4 cm³/mol. The summed E-state index contributed by atoms with van der Waals surface area (Å²) in [6.07, 6.45) is 0. The Balaban J connectivity index is 0.000000671. The summed E-state index contributed by atoms with van der Waals surface area (Å²) in [6, 6.07) is 6.16. The molecule has 1 nitrogen and oxygen atoms in total. The molecular weight excluding hydrogens is 160 g/mol. The third-order valence-electron chi connectivity index (χ3n) is 1.79. The number of rotatable bonds is 2. The van der Waals surface area contributed by atoms with Crippen LogP contribution in [0.1, 0.15) is 31.9 Å². The van der Waals surface area contributed by atoms with Crippen LogP contribution in [0.15, 0.2) is 18.2 Å². The van der Waals surface area contributed by atoms with Gasteiger partial charge in [0.1, 0.15) is 5.75 Å². The SMILES string of the molecule is CC.CCOc1ccc(C)c(C)c1. The van der Waals surface area contributed by atoms with Gasteiger partial charge in [-0.05, 0) is 44.0 Å². The zero-order valence-electron chi connectivity index (χ0n) is 9.35. The Morgan fingerprint density at radius 3 is 2.15 bits per heavy atom. The Bertz CT molecular complexity index is 241. The van der Waals surface area contributed by atoms with Crippen molar-refractivity contribution in [1.82, 2.24) is 0 Å². The maximum Gasteiger partial charge on any atom is 0.119 e. The lowest BCUT2D eigenvalue weighted by Crippen LogP contribution is -1.92. The molecule has 13 heavy (non-hydrogen) atoms. The number of hydrogen-bond donors (Lipinski definition) is 0. The van der Waals surface area contributed by atoms with E-state index < -0.39 is 0 Å². The van der Waals surface area contributed by atoms with E-state index >= 15 is 0 Å². The van der Waals surface area contributed by atoms with E-state index in [2.05, 4.69) is 26.0 Å². The molecule has 0 spiro atoms. The minimum Gasteiger partial charge on any atom is -0.494 e. The molecule has 0 aromatic heterocycles. The summed E-state index contributed by atoms with van der Waals surface area (Å²) in [7, 11) is 0. The maximum absolute atomic E-state index is 5.34. The van der Waals surface area contributed by atoms with Crippen LogP contribution in [-0.4, -0.2) is 6.61 Å². The monoisotopic (exact) mass is 180 g/mol. The Labute approximate surface area is 81.7 Å². The van der Waals surface area contributed by atoms with E-state index in [-0.39, 0.29) is 0 Å². The highest BCUT2D eigenvalue weighted by Crippen LogP contribution is 2.15. The van der Waals surface area contributed by atoms with Crippen molar-refractivity contribution < 1.29 is 4.74 Å². The van der Waals surface area contributed by atoms with Crippen molar-refractivity contribution in [3.8, 4) is 5.75 Å². The summed E-state index contributed by atoms with van der Waals surface area (Å²) < 4.78 is 5.34. The van der Waals surface area contributed by atoms with Gasteiger partial charge in [0.15, 0.2) is 0 Å². The molecule has 0 fully saturated rings. The van der Waals surface area contributed by atoms with Crippen molar-refractivity contribution in [3.63, 3.8) is 0 Å². The molecule has 0 bridgehead atoms. The van der Waals surface area contributed by atoms with Gasteiger partial charge in [0.25, 0.3) is 0 Å². The first kappa shape index (κ1) is 12.0. The van der Waals surface area contributed by atoms with Crippen molar-refractivity contribution >= 4 is 0 Å². The first-order valence-corrected chi connectivity index (χ1v) is 4.94. The fourth-order valence-corrected chi connectivity index (χ4v) is 0.970. The molecule has 1 aromatic carbocycles. The van der Waals surface area contributed by atoms with Crippen LogP contribution in [0.2, 0.25) is 0 Å². The molecule has 0 heterocycles. The lowest BCUT2D eigenvalue weighted by atomic mass is 10.1. The Morgan fingerprint density at radius 2 is 1.69 bits per heavy atom. The standard InChI is InChI=1S/C10H14O.C2H6/c1-4-11-10-6-5-8(2)9(3)7-10;1-2/h5-7H,4H2,1-3H3;1-2H3. The molecule has 0 saturated heterocycles. The van der Waals surface area contributed by atoms with E-state index in [0.29, 0.717) is 0 Å². The molecule has 1 rings (SSSR count). The van der Waals surface area contributed by atoms with E-state index in [9.17, 15) is 0 Å². The highest BCUT2D eigenvalue weighted by atomic mass is 16.5. The summed E-state index contributed by atoms with van der Waals surface area (Å²) >= 11 is 0. The van der Waals surface area contributed by atoms with Gasteiger partial charge < -0.3 is 4.74 Å². The number of aryl methyl sites for hydroxylation is 2. The molecule has 0 aliphatic rings. The van der Waals surface area contributed by atoms with Gasteiger partial charge in [0.2, 0.25) is 0 Å². The average Bonchev–Trinajstić information content (AvgIpc) is 2.15. The first-order chi connectivity index (χ1) is 6.24. The van der Waals surface area contributed by atoms with Crippen LogP contribution < -0.4 is 4.74 Å². The molecule has 74 valence electrons. The molecule has 0 radical (unpaired) electrons. The average molecular weight is 180 g/mol. The highest BCUT2D eigenvalue weighted by molar-refractivity contribution is 5.33. The summed E-state index contributed by atoms with van der Waals surface area (Å²) in [5.41, 5.74) is 2.60. The van der Waals surface area contributed by atoms with Crippen LogP contribution >= 0.6 is 0 Å². The van der Waals surface area contributed by atoms with Crippen LogP contribution in [0.25, 0.3) is 0 Å². The molecule has 1 aromatic rings. The molecular formula is C12H20O. The highest BCUT2D eigenvalue weighted by Gasteiger charge is 1.94. The Morgan fingerprint density at radius 1 is 1.08 bits per heavy atom. The molecule has 1 heteroatoms. The molecule has 0 amide bonds. The first-order valence-electron chi connectivity index (χ1n) is 4.94. The van der Waals surface area contributed by atoms with Crippen LogP contribution in [0, 0.1) is 13.8 Å². The largest absolute Gasteiger partial charge is 0.494 e. The normalized spacial score (nSPS) is 8.69. The topological polar surface area (TPSA) is 9.23 Å². The second kappa shape index (κ2) is 6.53. The van der Waals surface area contributed by atoms with Crippen molar-refractivity contribution in [2.75, 3.05) is 6.61 Å². The Kier molecular flexibility index (Phi) is 6.03. The number of hydrogen-bond acceptors (Lipinski definition) is 1.